The third-order valence-electron chi connectivity index (χ3n) is 3.13. The maximum absolute atomic E-state index is 13.0. The van der Waals surface area contributed by atoms with Crippen LogP contribution in [0.4, 0.5) is 4.39 Å². The van der Waals surface area contributed by atoms with Crippen LogP contribution < -0.4 is 0 Å². The molecule has 0 aromatic heterocycles. The molecule has 3 nitrogen and oxygen atoms in total. The van der Waals surface area contributed by atoms with E-state index in [1.807, 2.05) is 6.07 Å². The fourth-order valence-corrected chi connectivity index (χ4v) is 2.30. The molecule has 0 N–H and O–H groups in total. The van der Waals surface area contributed by atoms with Crippen LogP contribution in [0.3, 0.4) is 0 Å². The summed E-state index contributed by atoms with van der Waals surface area (Å²) < 4.78 is 13.0. The Morgan fingerprint density at radius 1 is 1.28 bits per heavy atom. The molecular formula is C13H16ClFN2O. The fraction of sp³-hybridized carbons (Fsp3) is 0.462. The van der Waals surface area contributed by atoms with Gasteiger partial charge in [-0.3, -0.25) is 9.69 Å². The van der Waals surface area contributed by atoms with E-state index in [1.54, 1.807) is 17.0 Å². The lowest BCUT2D eigenvalue weighted by molar-refractivity contribution is -0.130. The van der Waals surface area contributed by atoms with E-state index in [9.17, 15) is 9.18 Å². The largest absolute Gasteiger partial charge is 0.339 e. The Bertz CT molecular complexity index is 419. The highest BCUT2D eigenvalue weighted by Gasteiger charge is 2.20. The smallest absolute Gasteiger partial charge is 0.237 e. The molecular weight excluding hydrogens is 255 g/mol. The predicted octanol–water partition coefficient (Wildman–Crippen LogP) is 1.71. The molecule has 1 amide bonds. The normalized spacial score (nSPS) is 16.9. The Morgan fingerprint density at radius 3 is 2.61 bits per heavy atom. The van der Waals surface area contributed by atoms with Crippen molar-refractivity contribution in [2.45, 2.75) is 6.54 Å². The van der Waals surface area contributed by atoms with E-state index in [0.717, 1.165) is 25.2 Å². The molecule has 1 aliphatic rings. The third-order valence-corrected chi connectivity index (χ3v) is 3.36. The zero-order chi connectivity index (χ0) is 13.0. The van der Waals surface area contributed by atoms with E-state index in [0.29, 0.717) is 13.1 Å². The zero-order valence-electron chi connectivity index (χ0n) is 10.1. The molecule has 98 valence electrons. The summed E-state index contributed by atoms with van der Waals surface area (Å²) in [6.45, 7) is 3.72. The van der Waals surface area contributed by atoms with Crippen molar-refractivity contribution in [3.8, 4) is 0 Å². The van der Waals surface area contributed by atoms with Gasteiger partial charge in [0.2, 0.25) is 5.91 Å². The monoisotopic (exact) mass is 270 g/mol. The highest BCUT2D eigenvalue weighted by molar-refractivity contribution is 6.27. The number of hydrogen-bond donors (Lipinski definition) is 0. The maximum Gasteiger partial charge on any atom is 0.237 e. The minimum Gasteiger partial charge on any atom is -0.339 e. The van der Waals surface area contributed by atoms with Crippen molar-refractivity contribution in [2.75, 3.05) is 32.1 Å². The second kappa shape index (κ2) is 6.16. The molecule has 18 heavy (non-hydrogen) atoms. The molecule has 0 bridgehead atoms. The third kappa shape index (κ3) is 3.43. The summed E-state index contributed by atoms with van der Waals surface area (Å²) in [5, 5.41) is 0. The van der Waals surface area contributed by atoms with E-state index in [4.69, 9.17) is 11.6 Å². The summed E-state index contributed by atoms with van der Waals surface area (Å²) >= 11 is 5.52. The molecule has 0 atom stereocenters. The zero-order valence-corrected chi connectivity index (χ0v) is 10.9. The molecule has 0 unspecified atom stereocenters. The van der Waals surface area contributed by atoms with Crippen LogP contribution >= 0.6 is 11.6 Å². The number of nitrogens with zero attached hydrogens (tertiary/aromatic N) is 2. The number of amides is 1. The Hall–Kier alpha value is -1.13. The molecule has 0 saturated carbocycles. The van der Waals surface area contributed by atoms with Gasteiger partial charge in [0.25, 0.3) is 0 Å². The van der Waals surface area contributed by atoms with Gasteiger partial charge >= 0.3 is 0 Å². The summed E-state index contributed by atoms with van der Waals surface area (Å²) in [5.74, 6) is -0.172. The van der Waals surface area contributed by atoms with Gasteiger partial charge in [0.15, 0.2) is 0 Å². The van der Waals surface area contributed by atoms with E-state index in [2.05, 4.69) is 4.90 Å². The molecule has 1 fully saturated rings. The molecule has 2 rings (SSSR count). The van der Waals surface area contributed by atoms with Crippen molar-refractivity contribution in [2.24, 2.45) is 0 Å². The molecule has 0 spiro atoms. The van der Waals surface area contributed by atoms with Gasteiger partial charge in [0.1, 0.15) is 11.7 Å². The van der Waals surface area contributed by atoms with Crippen LogP contribution in [0.1, 0.15) is 5.56 Å². The van der Waals surface area contributed by atoms with Gasteiger partial charge in [-0.15, -0.1) is 11.6 Å². The number of hydrogen-bond acceptors (Lipinski definition) is 2. The highest BCUT2D eigenvalue weighted by Crippen LogP contribution is 2.10. The molecule has 1 aromatic carbocycles. The average molecular weight is 271 g/mol. The van der Waals surface area contributed by atoms with E-state index in [-0.39, 0.29) is 17.6 Å². The van der Waals surface area contributed by atoms with Crippen LogP contribution in [-0.2, 0) is 11.3 Å². The number of halogens is 2. The molecule has 1 aromatic rings. The Labute approximate surface area is 111 Å². The molecule has 1 aliphatic heterocycles. The van der Waals surface area contributed by atoms with Crippen molar-refractivity contribution in [3.05, 3.63) is 35.6 Å². The SMILES string of the molecule is O=C(CCl)N1CCN(Cc2cccc(F)c2)CC1. The number of benzene rings is 1. The van der Waals surface area contributed by atoms with Gasteiger partial charge in [0.05, 0.1) is 0 Å². The number of rotatable bonds is 3. The Morgan fingerprint density at radius 2 is 2.00 bits per heavy atom. The number of carbonyl (C=O) groups excluding carboxylic acids is 1. The lowest BCUT2D eigenvalue weighted by Crippen LogP contribution is -2.48. The van der Waals surface area contributed by atoms with E-state index >= 15 is 0 Å². The van der Waals surface area contributed by atoms with Gasteiger partial charge in [-0.05, 0) is 17.7 Å². The summed E-state index contributed by atoms with van der Waals surface area (Å²) in [7, 11) is 0. The minimum atomic E-state index is -0.205. The topological polar surface area (TPSA) is 23.6 Å². The van der Waals surface area contributed by atoms with Crippen molar-refractivity contribution in [3.63, 3.8) is 0 Å². The second-order valence-electron chi connectivity index (χ2n) is 4.42. The quantitative estimate of drug-likeness (QED) is 0.781. The predicted molar refractivity (Wildman–Crippen MR) is 69.0 cm³/mol. The highest BCUT2D eigenvalue weighted by atomic mass is 35.5. The maximum atomic E-state index is 13.0. The molecule has 0 aliphatic carbocycles. The van der Waals surface area contributed by atoms with Crippen molar-refractivity contribution in [1.82, 2.24) is 9.80 Å². The van der Waals surface area contributed by atoms with Crippen LogP contribution in [-0.4, -0.2) is 47.8 Å². The van der Waals surface area contributed by atoms with Gasteiger partial charge in [-0.2, -0.15) is 0 Å². The van der Waals surface area contributed by atoms with E-state index in [1.165, 1.54) is 6.07 Å². The van der Waals surface area contributed by atoms with Gasteiger partial charge in [-0.1, -0.05) is 12.1 Å². The summed E-state index contributed by atoms with van der Waals surface area (Å²) in [5.41, 5.74) is 0.965. The average Bonchev–Trinajstić information content (AvgIpc) is 2.39. The van der Waals surface area contributed by atoms with Crippen molar-refractivity contribution in [1.29, 1.82) is 0 Å². The van der Waals surface area contributed by atoms with Gasteiger partial charge in [0, 0.05) is 32.7 Å². The van der Waals surface area contributed by atoms with Crippen LogP contribution in [0.5, 0.6) is 0 Å². The molecule has 1 heterocycles. The molecule has 0 radical (unpaired) electrons. The summed E-state index contributed by atoms with van der Waals surface area (Å²) in [6.07, 6.45) is 0. The van der Waals surface area contributed by atoms with Crippen LogP contribution in [0.2, 0.25) is 0 Å². The van der Waals surface area contributed by atoms with Crippen molar-refractivity contribution < 1.29 is 9.18 Å². The van der Waals surface area contributed by atoms with E-state index < -0.39 is 0 Å². The molecule has 1 saturated heterocycles. The van der Waals surface area contributed by atoms with Crippen LogP contribution in [0, 0.1) is 5.82 Å². The Balaban J connectivity index is 1.85. The minimum absolute atomic E-state index is 0.0120. The number of carbonyl (C=O) groups is 1. The number of alkyl halides is 1. The van der Waals surface area contributed by atoms with Crippen LogP contribution in [0.25, 0.3) is 0 Å². The molecule has 5 heteroatoms. The first kappa shape index (κ1) is 13.3. The lowest BCUT2D eigenvalue weighted by atomic mass is 10.2. The lowest BCUT2D eigenvalue weighted by Gasteiger charge is -2.34. The van der Waals surface area contributed by atoms with Gasteiger partial charge in [-0.25, -0.2) is 4.39 Å². The first-order chi connectivity index (χ1) is 8.69. The van der Waals surface area contributed by atoms with Crippen LogP contribution in [0.15, 0.2) is 24.3 Å². The second-order valence-corrected chi connectivity index (χ2v) is 4.69. The summed E-state index contributed by atoms with van der Waals surface area (Å²) in [4.78, 5) is 15.4. The summed E-state index contributed by atoms with van der Waals surface area (Å²) in [6, 6.07) is 6.63. The van der Waals surface area contributed by atoms with Gasteiger partial charge < -0.3 is 4.90 Å². The van der Waals surface area contributed by atoms with Crippen molar-refractivity contribution >= 4 is 17.5 Å². The first-order valence-electron chi connectivity index (χ1n) is 5.99. The number of piperazine rings is 1. The standard InChI is InChI=1S/C13H16ClFN2O/c14-9-13(18)17-6-4-16(5-7-17)10-11-2-1-3-12(15)8-11/h1-3,8H,4-7,9-10H2. The first-order valence-corrected chi connectivity index (χ1v) is 6.53. The fourth-order valence-electron chi connectivity index (χ4n) is 2.13. The Kier molecular flexibility index (Phi) is 4.55.